The van der Waals surface area contributed by atoms with E-state index < -0.39 is 11.4 Å². The Bertz CT molecular complexity index is 1200. The van der Waals surface area contributed by atoms with Gasteiger partial charge in [-0.25, -0.2) is 19.4 Å². The highest BCUT2D eigenvalue weighted by atomic mass is 16.5. The minimum atomic E-state index is -0.610. The van der Waals surface area contributed by atoms with Crippen molar-refractivity contribution in [3.05, 3.63) is 86.2 Å². The van der Waals surface area contributed by atoms with Gasteiger partial charge in [-0.1, -0.05) is 12.1 Å². The van der Waals surface area contributed by atoms with E-state index in [0.717, 1.165) is 10.2 Å². The van der Waals surface area contributed by atoms with Crippen LogP contribution < -0.4 is 16.7 Å². The second kappa shape index (κ2) is 8.84. The molecular weight excluding hydrogens is 402 g/mol. The molecule has 0 atom stereocenters. The molecule has 31 heavy (non-hydrogen) atoms. The SMILES string of the molecule is O=C(NCc1cccc(C(=O)N2CCOCC2)c1)c1ccc(-n2[nH]c(=O)[nH]c2=O)cc1. The van der Waals surface area contributed by atoms with Gasteiger partial charge in [0, 0.05) is 30.8 Å². The van der Waals surface area contributed by atoms with Gasteiger partial charge < -0.3 is 15.0 Å². The number of aromatic nitrogens is 3. The van der Waals surface area contributed by atoms with E-state index in [0.29, 0.717) is 43.1 Å². The van der Waals surface area contributed by atoms with E-state index in [2.05, 4.69) is 15.4 Å². The smallest absolute Gasteiger partial charge is 0.349 e. The lowest BCUT2D eigenvalue weighted by Crippen LogP contribution is -2.40. The largest absolute Gasteiger partial charge is 0.378 e. The van der Waals surface area contributed by atoms with Crippen molar-refractivity contribution in [3.63, 3.8) is 0 Å². The summed E-state index contributed by atoms with van der Waals surface area (Å²) < 4.78 is 6.34. The fourth-order valence-corrected chi connectivity index (χ4v) is 3.32. The molecule has 160 valence electrons. The van der Waals surface area contributed by atoms with E-state index in [1.165, 1.54) is 0 Å². The van der Waals surface area contributed by atoms with Crippen LogP contribution in [0.1, 0.15) is 26.3 Å². The molecule has 0 bridgehead atoms. The third-order valence-electron chi connectivity index (χ3n) is 4.95. The lowest BCUT2D eigenvalue weighted by atomic mass is 10.1. The molecule has 10 heteroatoms. The Hall–Kier alpha value is -3.92. The number of rotatable bonds is 5. The molecule has 2 heterocycles. The van der Waals surface area contributed by atoms with Crippen LogP contribution in [0.25, 0.3) is 5.69 Å². The number of ether oxygens (including phenoxy) is 1. The summed E-state index contributed by atoms with van der Waals surface area (Å²) >= 11 is 0. The standard InChI is InChI=1S/C21H21N5O5/c27-18(15-4-6-17(7-5-15)26-21(30)23-20(29)24-26)22-13-14-2-1-3-16(12-14)19(28)25-8-10-31-11-9-25/h1-7,12H,8-11,13H2,(H,22,27)(H2,23,24,29,30). The molecule has 0 aliphatic carbocycles. The molecule has 0 saturated carbocycles. The summed E-state index contributed by atoms with van der Waals surface area (Å²) in [6.45, 7) is 2.47. The Kier molecular flexibility index (Phi) is 5.80. The van der Waals surface area contributed by atoms with Crippen LogP contribution in [0.15, 0.2) is 58.1 Å². The Balaban J connectivity index is 1.39. The van der Waals surface area contributed by atoms with E-state index in [4.69, 9.17) is 4.74 Å². The summed E-state index contributed by atoms with van der Waals surface area (Å²) in [5.41, 5.74) is 1.00. The maximum absolute atomic E-state index is 12.6. The van der Waals surface area contributed by atoms with Crippen LogP contribution in [0.2, 0.25) is 0 Å². The molecule has 1 saturated heterocycles. The number of amides is 2. The molecule has 0 spiro atoms. The van der Waals surface area contributed by atoms with Crippen molar-refractivity contribution in [3.8, 4) is 5.69 Å². The fraction of sp³-hybridized carbons (Fsp3) is 0.238. The quantitative estimate of drug-likeness (QED) is 0.542. The third-order valence-corrected chi connectivity index (χ3v) is 4.95. The van der Waals surface area contributed by atoms with Gasteiger partial charge in [0.05, 0.1) is 18.9 Å². The summed E-state index contributed by atoms with van der Waals surface area (Å²) in [4.78, 5) is 51.8. The van der Waals surface area contributed by atoms with E-state index in [-0.39, 0.29) is 18.4 Å². The minimum absolute atomic E-state index is 0.0508. The number of carbonyl (C=O) groups is 2. The molecule has 0 radical (unpaired) electrons. The summed E-state index contributed by atoms with van der Waals surface area (Å²) in [5, 5.41) is 5.17. The molecule has 1 aromatic heterocycles. The van der Waals surface area contributed by atoms with Crippen LogP contribution in [-0.4, -0.2) is 57.8 Å². The number of nitrogens with one attached hydrogen (secondary N) is 3. The van der Waals surface area contributed by atoms with Crippen LogP contribution in [0, 0.1) is 0 Å². The Labute approximate surface area is 176 Å². The van der Waals surface area contributed by atoms with Crippen molar-refractivity contribution in [2.75, 3.05) is 26.3 Å². The number of hydrogen-bond acceptors (Lipinski definition) is 5. The monoisotopic (exact) mass is 423 g/mol. The summed E-state index contributed by atoms with van der Waals surface area (Å²) in [6.07, 6.45) is 0. The molecule has 1 fully saturated rings. The maximum atomic E-state index is 12.6. The van der Waals surface area contributed by atoms with Crippen LogP contribution in [0.4, 0.5) is 0 Å². The van der Waals surface area contributed by atoms with Crippen molar-refractivity contribution < 1.29 is 14.3 Å². The topological polar surface area (TPSA) is 129 Å². The van der Waals surface area contributed by atoms with Gasteiger partial charge in [-0.2, -0.15) is 0 Å². The second-order valence-corrected chi connectivity index (χ2v) is 7.04. The number of H-pyrrole nitrogens is 2. The molecule has 2 aromatic carbocycles. The fourth-order valence-electron chi connectivity index (χ4n) is 3.32. The molecule has 3 N–H and O–H groups in total. The zero-order valence-electron chi connectivity index (χ0n) is 16.6. The molecule has 4 rings (SSSR count). The van der Waals surface area contributed by atoms with Gasteiger partial charge in [-0.05, 0) is 42.0 Å². The van der Waals surface area contributed by atoms with Gasteiger partial charge >= 0.3 is 11.4 Å². The second-order valence-electron chi connectivity index (χ2n) is 7.04. The lowest BCUT2D eigenvalue weighted by molar-refractivity contribution is 0.0303. The number of benzene rings is 2. The van der Waals surface area contributed by atoms with Crippen molar-refractivity contribution >= 4 is 11.8 Å². The average molecular weight is 423 g/mol. The summed E-state index contributed by atoms with van der Waals surface area (Å²) in [7, 11) is 0. The number of hydrogen-bond donors (Lipinski definition) is 3. The molecule has 1 aliphatic heterocycles. The van der Waals surface area contributed by atoms with Crippen molar-refractivity contribution in [2.24, 2.45) is 0 Å². The zero-order valence-corrected chi connectivity index (χ0v) is 16.6. The highest BCUT2D eigenvalue weighted by Gasteiger charge is 2.18. The lowest BCUT2D eigenvalue weighted by Gasteiger charge is -2.27. The van der Waals surface area contributed by atoms with Gasteiger partial charge in [0.1, 0.15) is 0 Å². The van der Waals surface area contributed by atoms with E-state index >= 15 is 0 Å². The van der Waals surface area contributed by atoms with Crippen LogP contribution >= 0.6 is 0 Å². The van der Waals surface area contributed by atoms with E-state index in [9.17, 15) is 19.2 Å². The summed E-state index contributed by atoms with van der Waals surface area (Å²) in [5.74, 6) is -0.350. The highest BCUT2D eigenvalue weighted by Crippen LogP contribution is 2.11. The average Bonchev–Trinajstić information content (AvgIpc) is 3.15. The number of aromatic amines is 2. The van der Waals surface area contributed by atoms with E-state index in [1.807, 2.05) is 6.07 Å². The molecule has 0 unspecified atom stereocenters. The van der Waals surface area contributed by atoms with Crippen molar-refractivity contribution in [1.29, 1.82) is 0 Å². The first-order valence-electron chi connectivity index (χ1n) is 9.77. The molecule has 10 nitrogen and oxygen atoms in total. The van der Waals surface area contributed by atoms with Gasteiger partial charge in [0.15, 0.2) is 0 Å². The first-order chi connectivity index (χ1) is 15.0. The molecule has 3 aromatic rings. The molecule has 1 aliphatic rings. The Morgan fingerprint density at radius 1 is 1.00 bits per heavy atom. The third kappa shape index (κ3) is 4.64. The minimum Gasteiger partial charge on any atom is -0.378 e. The van der Waals surface area contributed by atoms with Crippen molar-refractivity contribution in [2.45, 2.75) is 6.54 Å². The summed E-state index contributed by atoms with van der Waals surface area (Å²) in [6, 6.07) is 13.4. The van der Waals surface area contributed by atoms with Crippen LogP contribution in [-0.2, 0) is 11.3 Å². The van der Waals surface area contributed by atoms with Gasteiger partial charge in [0.2, 0.25) is 0 Å². The first kappa shape index (κ1) is 20.4. The highest BCUT2D eigenvalue weighted by molar-refractivity contribution is 5.95. The Morgan fingerprint density at radius 2 is 1.74 bits per heavy atom. The van der Waals surface area contributed by atoms with Crippen molar-refractivity contribution in [1.82, 2.24) is 25.0 Å². The number of carbonyl (C=O) groups excluding carboxylic acids is 2. The predicted octanol–water partition coefficient (Wildman–Crippen LogP) is 0.256. The zero-order chi connectivity index (χ0) is 21.8. The van der Waals surface area contributed by atoms with E-state index in [1.54, 1.807) is 47.4 Å². The van der Waals surface area contributed by atoms with Gasteiger partial charge in [-0.15, -0.1) is 0 Å². The first-order valence-corrected chi connectivity index (χ1v) is 9.77. The predicted molar refractivity (Wildman–Crippen MR) is 111 cm³/mol. The molecule has 2 amide bonds. The maximum Gasteiger partial charge on any atom is 0.349 e. The number of morpholine rings is 1. The normalized spacial score (nSPS) is 13.7. The Morgan fingerprint density at radius 3 is 2.42 bits per heavy atom. The van der Waals surface area contributed by atoms with Crippen LogP contribution in [0.3, 0.4) is 0 Å². The van der Waals surface area contributed by atoms with Gasteiger partial charge in [0.25, 0.3) is 11.8 Å². The van der Waals surface area contributed by atoms with Crippen LogP contribution in [0.5, 0.6) is 0 Å². The number of nitrogens with zero attached hydrogens (tertiary/aromatic N) is 2. The molecular formula is C21H21N5O5. The van der Waals surface area contributed by atoms with Gasteiger partial charge in [-0.3, -0.25) is 14.6 Å².